The Kier molecular flexibility index (Phi) is 6.51. The lowest BCUT2D eigenvalue weighted by molar-refractivity contribution is -0.137. The number of hydrogen-bond donors (Lipinski definition) is 2. The molecule has 148 valence electrons. The summed E-state index contributed by atoms with van der Waals surface area (Å²) in [4.78, 5) is 17.9. The number of amides is 1. The van der Waals surface area contributed by atoms with Crippen LogP contribution in [0, 0.1) is 0 Å². The molecule has 1 saturated heterocycles. The number of hydrogen-bond acceptors (Lipinski definition) is 4. The average Bonchev–Trinajstić information content (AvgIpc) is 3.09. The molecule has 0 saturated carbocycles. The number of aromatic nitrogens is 1. The summed E-state index contributed by atoms with van der Waals surface area (Å²) in [6.07, 6.45) is 3.52. The summed E-state index contributed by atoms with van der Waals surface area (Å²) < 4.78 is 32.9. The van der Waals surface area contributed by atoms with Gasteiger partial charge in [0.15, 0.2) is 0 Å². The fourth-order valence-electron chi connectivity index (χ4n) is 3.31. The van der Waals surface area contributed by atoms with Gasteiger partial charge in [0.25, 0.3) is 0 Å². The van der Waals surface area contributed by atoms with Crippen LogP contribution in [0.25, 0.3) is 10.9 Å². The largest absolute Gasteiger partial charge is 0.378 e. The summed E-state index contributed by atoms with van der Waals surface area (Å²) in [7, 11) is -3.52. The summed E-state index contributed by atoms with van der Waals surface area (Å²) in [5, 5.41) is 1.00. The number of fused-ring (bicyclic) bond motifs is 1. The first-order chi connectivity index (χ1) is 13.0. The Bertz CT molecular complexity index is 872. The summed E-state index contributed by atoms with van der Waals surface area (Å²) in [6.45, 7) is 3.87. The third-order valence-corrected chi connectivity index (χ3v) is 6.28. The van der Waals surface area contributed by atoms with E-state index in [0.717, 1.165) is 22.9 Å². The predicted molar refractivity (Wildman–Crippen MR) is 105 cm³/mol. The van der Waals surface area contributed by atoms with E-state index in [9.17, 15) is 13.2 Å². The van der Waals surface area contributed by atoms with E-state index >= 15 is 0 Å². The second-order valence-corrected chi connectivity index (χ2v) is 8.72. The van der Waals surface area contributed by atoms with Gasteiger partial charge in [0.1, 0.15) is 6.04 Å². The number of unbranched alkanes of at least 4 members (excludes halogenated alkanes) is 1. The van der Waals surface area contributed by atoms with E-state index in [2.05, 4.69) is 9.71 Å². The van der Waals surface area contributed by atoms with Crippen LogP contribution in [0.4, 0.5) is 0 Å². The molecule has 1 aliphatic heterocycles. The Balaban J connectivity index is 1.83. The normalized spacial score (nSPS) is 16.6. The molecule has 0 aliphatic carbocycles. The highest BCUT2D eigenvalue weighted by Crippen LogP contribution is 2.20. The summed E-state index contributed by atoms with van der Waals surface area (Å²) in [5.41, 5.74) is 1.90. The monoisotopic (exact) mass is 393 g/mol. The van der Waals surface area contributed by atoms with Gasteiger partial charge in [-0.15, -0.1) is 0 Å². The van der Waals surface area contributed by atoms with E-state index in [1.165, 1.54) is 0 Å². The summed E-state index contributed by atoms with van der Waals surface area (Å²) >= 11 is 0. The van der Waals surface area contributed by atoms with Crippen LogP contribution in [0.2, 0.25) is 0 Å². The standard InChI is InChI=1S/C19H27N3O4S/c1-2-3-12-27(24,25)21-18(19(23)22-8-10-26-11-9-22)13-15-14-20-17-7-5-4-6-16(15)17/h4-7,14,18,20-21H,2-3,8-13H2,1H3/t18-/m0/s1. The van der Waals surface area contributed by atoms with E-state index < -0.39 is 16.1 Å². The molecule has 3 rings (SSSR count). The molecule has 0 spiro atoms. The number of aromatic amines is 1. The van der Waals surface area contributed by atoms with Crippen LogP contribution in [0.15, 0.2) is 30.5 Å². The molecule has 1 fully saturated rings. The Morgan fingerprint density at radius 1 is 1.30 bits per heavy atom. The van der Waals surface area contributed by atoms with Crippen molar-refractivity contribution in [2.24, 2.45) is 0 Å². The highest BCUT2D eigenvalue weighted by Gasteiger charge is 2.30. The number of benzene rings is 1. The predicted octanol–water partition coefficient (Wildman–Crippen LogP) is 1.66. The first-order valence-corrected chi connectivity index (χ1v) is 11.1. The lowest BCUT2D eigenvalue weighted by Crippen LogP contribution is -2.52. The Morgan fingerprint density at radius 2 is 2.04 bits per heavy atom. The molecule has 8 heteroatoms. The zero-order valence-corrected chi connectivity index (χ0v) is 16.4. The second kappa shape index (κ2) is 8.86. The van der Waals surface area contributed by atoms with Crippen molar-refractivity contribution in [3.63, 3.8) is 0 Å². The third-order valence-electron chi connectivity index (χ3n) is 4.81. The van der Waals surface area contributed by atoms with Gasteiger partial charge < -0.3 is 14.6 Å². The molecule has 0 radical (unpaired) electrons. The van der Waals surface area contributed by atoms with Gasteiger partial charge in [-0.05, 0) is 24.5 Å². The first kappa shape index (κ1) is 19.9. The van der Waals surface area contributed by atoms with Crippen molar-refractivity contribution in [3.8, 4) is 0 Å². The van der Waals surface area contributed by atoms with E-state index in [1.807, 2.05) is 37.4 Å². The van der Waals surface area contributed by atoms with Gasteiger partial charge in [0, 0.05) is 30.2 Å². The number of nitrogens with zero attached hydrogens (tertiary/aromatic N) is 1. The van der Waals surface area contributed by atoms with E-state index in [0.29, 0.717) is 39.1 Å². The maximum absolute atomic E-state index is 13.0. The van der Waals surface area contributed by atoms with Crippen LogP contribution < -0.4 is 4.72 Å². The van der Waals surface area contributed by atoms with Gasteiger partial charge in [0.05, 0.1) is 19.0 Å². The molecule has 1 aromatic carbocycles. The molecule has 27 heavy (non-hydrogen) atoms. The van der Waals surface area contributed by atoms with Gasteiger partial charge in [-0.2, -0.15) is 0 Å². The molecule has 1 amide bonds. The Labute approximate surface area is 160 Å². The molecular formula is C19H27N3O4S. The molecule has 0 unspecified atom stereocenters. The van der Waals surface area contributed by atoms with E-state index in [4.69, 9.17) is 4.74 Å². The van der Waals surface area contributed by atoms with Crippen LogP contribution in [0.5, 0.6) is 0 Å². The number of para-hydroxylation sites is 1. The second-order valence-electron chi connectivity index (χ2n) is 6.84. The highest BCUT2D eigenvalue weighted by atomic mass is 32.2. The van der Waals surface area contributed by atoms with Crippen LogP contribution in [-0.2, 0) is 26.0 Å². The molecule has 1 aromatic heterocycles. The van der Waals surface area contributed by atoms with Crippen LogP contribution in [0.3, 0.4) is 0 Å². The maximum atomic E-state index is 13.0. The Morgan fingerprint density at radius 3 is 2.78 bits per heavy atom. The van der Waals surface area contributed by atoms with Crippen molar-refractivity contribution in [2.75, 3.05) is 32.1 Å². The number of rotatable bonds is 8. The van der Waals surface area contributed by atoms with Gasteiger partial charge in [0.2, 0.25) is 15.9 Å². The number of H-pyrrole nitrogens is 1. The highest BCUT2D eigenvalue weighted by molar-refractivity contribution is 7.89. The minimum atomic E-state index is -3.52. The van der Waals surface area contributed by atoms with Crippen LogP contribution in [0.1, 0.15) is 25.3 Å². The molecule has 2 aromatic rings. The smallest absolute Gasteiger partial charge is 0.241 e. The van der Waals surface area contributed by atoms with Gasteiger partial charge in [-0.25, -0.2) is 13.1 Å². The summed E-state index contributed by atoms with van der Waals surface area (Å²) in [6, 6.07) is 6.99. The lowest BCUT2D eigenvalue weighted by atomic mass is 10.0. The van der Waals surface area contributed by atoms with Crippen molar-refractivity contribution in [1.29, 1.82) is 0 Å². The van der Waals surface area contributed by atoms with Crippen LogP contribution in [-0.4, -0.2) is 62.3 Å². The van der Waals surface area contributed by atoms with Crippen molar-refractivity contribution in [2.45, 2.75) is 32.2 Å². The fourth-order valence-corrected chi connectivity index (χ4v) is 4.72. The summed E-state index contributed by atoms with van der Waals surface area (Å²) in [5.74, 6) is -0.159. The number of carbonyl (C=O) groups excluding carboxylic acids is 1. The van der Waals surface area contributed by atoms with Crippen molar-refractivity contribution in [3.05, 3.63) is 36.0 Å². The number of morpholine rings is 1. The fraction of sp³-hybridized carbons (Fsp3) is 0.526. The van der Waals surface area contributed by atoms with E-state index in [-0.39, 0.29) is 11.7 Å². The number of sulfonamides is 1. The van der Waals surface area contributed by atoms with Crippen molar-refractivity contribution in [1.82, 2.24) is 14.6 Å². The van der Waals surface area contributed by atoms with Gasteiger partial charge >= 0.3 is 0 Å². The SMILES string of the molecule is CCCCS(=O)(=O)N[C@@H](Cc1c[nH]c2ccccc12)C(=O)N1CCOCC1. The van der Waals surface area contributed by atoms with Gasteiger partial charge in [-0.1, -0.05) is 31.5 Å². The maximum Gasteiger partial charge on any atom is 0.241 e. The molecule has 1 aliphatic rings. The third kappa shape index (κ3) is 5.09. The van der Waals surface area contributed by atoms with Gasteiger partial charge in [-0.3, -0.25) is 4.79 Å². The molecule has 7 nitrogen and oxygen atoms in total. The molecule has 1 atom stereocenters. The average molecular weight is 394 g/mol. The lowest BCUT2D eigenvalue weighted by Gasteiger charge is -2.30. The van der Waals surface area contributed by atoms with Crippen molar-refractivity contribution < 1.29 is 17.9 Å². The number of carbonyl (C=O) groups is 1. The van der Waals surface area contributed by atoms with E-state index in [1.54, 1.807) is 4.90 Å². The molecule has 2 heterocycles. The number of ether oxygens (including phenoxy) is 1. The minimum Gasteiger partial charge on any atom is -0.378 e. The first-order valence-electron chi connectivity index (χ1n) is 9.41. The van der Waals surface area contributed by atoms with Crippen LogP contribution >= 0.6 is 0 Å². The molecular weight excluding hydrogens is 366 g/mol. The molecule has 2 N–H and O–H groups in total. The minimum absolute atomic E-state index is 0.0320. The zero-order valence-electron chi connectivity index (χ0n) is 15.6. The molecule has 0 bridgehead atoms. The zero-order chi connectivity index (χ0) is 19.3. The number of nitrogens with one attached hydrogen (secondary N) is 2. The van der Waals surface area contributed by atoms with Crippen molar-refractivity contribution >= 4 is 26.8 Å². The Hall–Kier alpha value is -1.90. The quantitative estimate of drug-likeness (QED) is 0.713. The topological polar surface area (TPSA) is 91.5 Å².